The number of esters is 1. The molecule has 1 atom stereocenters. The summed E-state index contributed by atoms with van der Waals surface area (Å²) in [6.07, 6.45) is 0.251. The minimum absolute atomic E-state index is 0.161. The Hall–Kier alpha value is -3.36. The number of ether oxygens (including phenoxy) is 2. The van der Waals surface area contributed by atoms with Gasteiger partial charge in [-0.25, -0.2) is 4.79 Å². The van der Waals surface area contributed by atoms with E-state index in [-0.39, 0.29) is 22.0 Å². The van der Waals surface area contributed by atoms with Crippen molar-refractivity contribution in [1.29, 1.82) is 0 Å². The van der Waals surface area contributed by atoms with Crippen LogP contribution in [0, 0.1) is 20.8 Å². The number of anilines is 2. The Kier molecular flexibility index (Phi) is 9.72. The quantitative estimate of drug-likeness (QED) is 0.270. The van der Waals surface area contributed by atoms with Crippen LogP contribution in [0.3, 0.4) is 0 Å². The zero-order valence-corrected chi connectivity index (χ0v) is 23.1. The smallest absolute Gasteiger partial charge is 0.341 e. The topological polar surface area (TPSA) is 93.7 Å². The standard InChI is InChI=1S/C28H31ClN2O5S/c1-6-14-35-28(34)23-18(5)24(26(33)30-20-11-9-19(29)10-12-20)37-27(23)31-25(32)22(7-2)36-21-13-8-16(3)17(4)15-21/h8-13,15,22H,6-7,14H2,1-5H3,(H,30,33)(H,31,32)/t22-/m0/s1. The highest BCUT2D eigenvalue weighted by atomic mass is 35.5. The largest absolute Gasteiger partial charge is 0.481 e. The molecule has 9 heteroatoms. The maximum absolute atomic E-state index is 13.2. The monoisotopic (exact) mass is 542 g/mol. The first-order chi connectivity index (χ1) is 17.6. The van der Waals surface area contributed by atoms with Gasteiger partial charge in [0.2, 0.25) is 0 Å². The van der Waals surface area contributed by atoms with Crippen LogP contribution in [-0.4, -0.2) is 30.5 Å². The van der Waals surface area contributed by atoms with E-state index in [4.69, 9.17) is 21.1 Å². The Morgan fingerprint density at radius 3 is 2.30 bits per heavy atom. The number of amides is 2. The lowest BCUT2D eigenvalue weighted by Crippen LogP contribution is -2.32. The number of thiophene rings is 1. The van der Waals surface area contributed by atoms with Crippen LogP contribution in [0.15, 0.2) is 42.5 Å². The van der Waals surface area contributed by atoms with Gasteiger partial charge in [-0.1, -0.05) is 31.5 Å². The van der Waals surface area contributed by atoms with Gasteiger partial charge < -0.3 is 20.1 Å². The molecule has 2 N–H and O–H groups in total. The van der Waals surface area contributed by atoms with Crippen LogP contribution in [0.4, 0.5) is 10.7 Å². The third kappa shape index (κ3) is 7.11. The molecule has 3 rings (SSSR count). The number of nitrogens with one attached hydrogen (secondary N) is 2. The maximum Gasteiger partial charge on any atom is 0.341 e. The molecule has 7 nitrogen and oxygen atoms in total. The maximum atomic E-state index is 13.2. The van der Waals surface area contributed by atoms with E-state index in [1.54, 1.807) is 31.2 Å². The van der Waals surface area contributed by atoms with Crippen molar-refractivity contribution in [2.24, 2.45) is 0 Å². The highest BCUT2D eigenvalue weighted by Gasteiger charge is 2.29. The summed E-state index contributed by atoms with van der Waals surface area (Å²) in [6, 6.07) is 12.3. The van der Waals surface area contributed by atoms with Crippen molar-refractivity contribution in [1.82, 2.24) is 0 Å². The molecule has 0 spiro atoms. The van der Waals surface area contributed by atoms with Gasteiger partial charge in [0.1, 0.15) is 10.8 Å². The number of halogens is 1. The van der Waals surface area contributed by atoms with Crippen LogP contribution in [-0.2, 0) is 9.53 Å². The minimum atomic E-state index is -0.796. The van der Waals surface area contributed by atoms with E-state index >= 15 is 0 Å². The van der Waals surface area contributed by atoms with Gasteiger partial charge in [-0.15, -0.1) is 11.3 Å². The number of benzene rings is 2. The number of carbonyl (C=O) groups is 3. The molecule has 0 aliphatic rings. The van der Waals surface area contributed by atoms with Crippen molar-refractivity contribution in [2.45, 2.75) is 53.6 Å². The predicted molar refractivity (Wildman–Crippen MR) is 148 cm³/mol. The summed E-state index contributed by atoms with van der Waals surface area (Å²) in [5.74, 6) is -0.845. The summed E-state index contributed by atoms with van der Waals surface area (Å²) in [5, 5.41) is 6.40. The van der Waals surface area contributed by atoms with Crippen molar-refractivity contribution < 1.29 is 23.9 Å². The minimum Gasteiger partial charge on any atom is -0.481 e. The zero-order chi connectivity index (χ0) is 27.1. The van der Waals surface area contributed by atoms with Crippen molar-refractivity contribution >= 4 is 51.4 Å². The first-order valence-corrected chi connectivity index (χ1v) is 13.3. The molecule has 196 valence electrons. The normalized spacial score (nSPS) is 11.5. The number of hydrogen-bond donors (Lipinski definition) is 2. The molecule has 0 radical (unpaired) electrons. The van der Waals surface area contributed by atoms with E-state index in [1.807, 2.05) is 45.9 Å². The molecule has 37 heavy (non-hydrogen) atoms. The van der Waals surface area contributed by atoms with E-state index in [0.717, 1.165) is 22.5 Å². The van der Waals surface area contributed by atoms with Crippen LogP contribution < -0.4 is 15.4 Å². The number of carbonyl (C=O) groups excluding carboxylic acids is 3. The lowest BCUT2D eigenvalue weighted by atomic mass is 10.1. The highest BCUT2D eigenvalue weighted by Crippen LogP contribution is 2.35. The Balaban J connectivity index is 1.88. The number of hydrogen-bond acceptors (Lipinski definition) is 6. The van der Waals surface area contributed by atoms with Gasteiger partial charge in [0, 0.05) is 10.7 Å². The number of rotatable bonds is 10. The number of aryl methyl sites for hydroxylation is 2. The summed E-state index contributed by atoms with van der Waals surface area (Å²) in [7, 11) is 0. The molecule has 1 heterocycles. The fraction of sp³-hybridized carbons (Fsp3) is 0.321. The van der Waals surface area contributed by atoms with Gasteiger partial charge in [-0.3, -0.25) is 9.59 Å². The Morgan fingerprint density at radius 2 is 1.68 bits per heavy atom. The van der Waals surface area contributed by atoms with Crippen molar-refractivity contribution in [3.8, 4) is 5.75 Å². The lowest BCUT2D eigenvalue weighted by Gasteiger charge is -2.18. The van der Waals surface area contributed by atoms with E-state index in [9.17, 15) is 14.4 Å². The molecule has 0 bridgehead atoms. The van der Waals surface area contributed by atoms with Crippen molar-refractivity contribution in [3.63, 3.8) is 0 Å². The summed E-state index contributed by atoms with van der Waals surface area (Å²) in [4.78, 5) is 39.5. The summed E-state index contributed by atoms with van der Waals surface area (Å²) in [6.45, 7) is 9.59. The van der Waals surface area contributed by atoms with Gasteiger partial charge in [-0.05, 0) is 86.7 Å². The van der Waals surface area contributed by atoms with E-state index in [0.29, 0.717) is 34.9 Å². The zero-order valence-electron chi connectivity index (χ0n) is 21.6. The molecule has 2 aromatic carbocycles. The van der Waals surface area contributed by atoms with E-state index in [2.05, 4.69) is 10.6 Å². The molecule has 2 amide bonds. The van der Waals surface area contributed by atoms with Gasteiger partial charge in [0.15, 0.2) is 6.10 Å². The van der Waals surface area contributed by atoms with E-state index < -0.39 is 23.9 Å². The predicted octanol–water partition coefficient (Wildman–Crippen LogP) is 6.94. The molecular formula is C28H31ClN2O5S. The first-order valence-electron chi connectivity index (χ1n) is 12.1. The molecular weight excluding hydrogens is 512 g/mol. The fourth-order valence-electron chi connectivity index (χ4n) is 3.52. The molecule has 0 unspecified atom stereocenters. The fourth-order valence-corrected chi connectivity index (χ4v) is 4.74. The molecule has 0 saturated carbocycles. The van der Waals surface area contributed by atoms with E-state index in [1.165, 1.54) is 0 Å². The summed E-state index contributed by atoms with van der Waals surface area (Å²) in [5.41, 5.74) is 3.32. The second-order valence-corrected chi connectivity index (χ2v) is 10.1. The highest BCUT2D eigenvalue weighted by molar-refractivity contribution is 7.19. The molecule has 0 aliphatic carbocycles. The lowest BCUT2D eigenvalue weighted by molar-refractivity contribution is -0.122. The first kappa shape index (κ1) is 28.2. The van der Waals surface area contributed by atoms with Gasteiger partial charge >= 0.3 is 5.97 Å². The van der Waals surface area contributed by atoms with Crippen molar-refractivity contribution in [2.75, 3.05) is 17.2 Å². The molecule has 0 aliphatic heterocycles. The van der Waals surface area contributed by atoms with Gasteiger partial charge in [-0.2, -0.15) is 0 Å². The molecule has 0 saturated heterocycles. The molecule has 3 aromatic rings. The Bertz CT molecular complexity index is 1290. The van der Waals surface area contributed by atoms with Crippen LogP contribution >= 0.6 is 22.9 Å². The van der Waals surface area contributed by atoms with Gasteiger partial charge in [0.25, 0.3) is 11.8 Å². The van der Waals surface area contributed by atoms with Crippen LogP contribution in [0.2, 0.25) is 5.02 Å². The summed E-state index contributed by atoms with van der Waals surface area (Å²) >= 11 is 6.95. The van der Waals surface area contributed by atoms with Crippen LogP contribution in [0.1, 0.15) is 63.4 Å². The SMILES string of the molecule is CCCOC(=O)c1c(NC(=O)[C@H](CC)Oc2ccc(C)c(C)c2)sc(C(=O)Nc2ccc(Cl)cc2)c1C. The third-order valence-electron chi connectivity index (χ3n) is 5.75. The average molecular weight is 543 g/mol. The van der Waals surface area contributed by atoms with Gasteiger partial charge in [0.05, 0.1) is 17.0 Å². The van der Waals surface area contributed by atoms with Crippen LogP contribution in [0.25, 0.3) is 0 Å². The Morgan fingerprint density at radius 1 is 0.973 bits per heavy atom. The third-order valence-corrected chi connectivity index (χ3v) is 7.21. The average Bonchev–Trinajstić information content (AvgIpc) is 3.20. The second-order valence-electron chi connectivity index (χ2n) is 8.61. The Labute approximate surface area is 226 Å². The van der Waals surface area contributed by atoms with Crippen LogP contribution in [0.5, 0.6) is 5.75 Å². The van der Waals surface area contributed by atoms with Crippen molar-refractivity contribution in [3.05, 3.63) is 74.6 Å². The molecule has 0 fully saturated rings. The second kappa shape index (κ2) is 12.7. The summed E-state index contributed by atoms with van der Waals surface area (Å²) < 4.78 is 11.3. The molecule has 1 aromatic heterocycles.